The van der Waals surface area contributed by atoms with Gasteiger partial charge in [-0.25, -0.2) is 8.78 Å². The number of halogens is 2. The second-order valence-corrected chi connectivity index (χ2v) is 3.30. The van der Waals surface area contributed by atoms with Crippen LogP contribution in [0, 0.1) is 5.82 Å². The van der Waals surface area contributed by atoms with Gasteiger partial charge >= 0.3 is 0 Å². The zero-order chi connectivity index (χ0) is 11.1. The van der Waals surface area contributed by atoms with E-state index in [1.54, 1.807) is 18.2 Å². The second-order valence-electron chi connectivity index (χ2n) is 2.89. The molecule has 0 spiro atoms. The van der Waals surface area contributed by atoms with Crippen molar-refractivity contribution in [1.82, 2.24) is 10.6 Å². The molecular weight excluding hydrogens is 218 g/mol. The third kappa shape index (κ3) is 4.20. The van der Waals surface area contributed by atoms with Gasteiger partial charge in [0.2, 0.25) is 0 Å². The number of hydrogen-bond acceptors (Lipinski definition) is 1. The number of rotatable bonds is 4. The molecule has 0 saturated carbocycles. The summed E-state index contributed by atoms with van der Waals surface area (Å²) in [6, 6.07) is 6.42. The molecule has 0 radical (unpaired) electrons. The first-order valence-corrected chi connectivity index (χ1v) is 4.96. The lowest BCUT2D eigenvalue weighted by Gasteiger charge is -2.09. The van der Waals surface area contributed by atoms with Crippen molar-refractivity contribution in [2.75, 3.05) is 13.2 Å². The Morgan fingerprint density at radius 2 is 2.00 bits per heavy atom. The van der Waals surface area contributed by atoms with E-state index in [9.17, 15) is 8.78 Å². The first-order valence-electron chi connectivity index (χ1n) is 4.55. The highest BCUT2D eigenvalue weighted by atomic mass is 32.1. The Kier molecular flexibility index (Phi) is 4.97. The van der Waals surface area contributed by atoms with Gasteiger partial charge in [-0.1, -0.05) is 18.2 Å². The molecule has 1 aromatic carbocycles. The summed E-state index contributed by atoms with van der Waals surface area (Å²) < 4.78 is 24.9. The lowest BCUT2D eigenvalue weighted by Crippen LogP contribution is -2.36. The van der Waals surface area contributed by atoms with E-state index < -0.39 is 6.67 Å². The Morgan fingerprint density at radius 1 is 1.27 bits per heavy atom. The van der Waals surface area contributed by atoms with Crippen molar-refractivity contribution >= 4 is 17.3 Å². The Bertz CT molecular complexity index is 331. The standard InChI is InChI=1S/C10H12F2N2S/c11-5-6-13-10(15)14-7-8-3-1-2-4-9(8)12/h1-4H,5-7H2,(H2,13,14,15). The minimum atomic E-state index is -0.485. The van der Waals surface area contributed by atoms with Gasteiger partial charge in [-0.3, -0.25) is 0 Å². The third-order valence-electron chi connectivity index (χ3n) is 1.78. The van der Waals surface area contributed by atoms with Gasteiger partial charge < -0.3 is 10.6 Å². The van der Waals surface area contributed by atoms with Gasteiger partial charge in [-0.15, -0.1) is 0 Å². The smallest absolute Gasteiger partial charge is 0.166 e. The molecule has 0 aliphatic carbocycles. The van der Waals surface area contributed by atoms with Crippen LogP contribution in [0.1, 0.15) is 5.56 Å². The van der Waals surface area contributed by atoms with E-state index in [1.807, 2.05) is 0 Å². The van der Waals surface area contributed by atoms with E-state index >= 15 is 0 Å². The average Bonchev–Trinajstić information content (AvgIpc) is 2.25. The lowest BCUT2D eigenvalue weighted by molar-refractivity contribution is 0.490. The highest BCUT2D eigenvalue weighted by molar-refractivity contribution is 7.80. The van der Waals surface area contributed by atoms with Crippen LogP contribution in [0.25, 0.3) is 0 Å². The quantitative estimate of drug-likeness (QED) is 0.771. The van der Waals surface area contributed by atoms with Gasteiger partial charge in [0.15, 0.2) is 5.11 Å². The zero-order valence-corrected chi connectivity index (χ0v) is 8.91. The topological polar surface area (TPSA) is 24.1 Å². The van der Waals surface area contributed by atoms with Crippen molar-refractivity contribution in [2.24, 2.45) is 0 Å². The van der Waals surface area contributed by atoms with Gasteiger partial charge in [0.05, 0.1) is 0 Å². The maximum atomic E-state index is 13.1. The highest BCUT2D eigenvalue weighted by Crippen LogP contribution is 2.05. The number of benzene rings is 1. The average molecular weight is 230 g/mol. The molecule has 2 nitrogen and oxygen atoms in total. The van der Waals surface area contributed by atoms with E-state index in [0.717, 1.165) is 0 Å². The second kappa shape index (κ2) is 6.29. The van der Waals surface area contributed by atoms with E-state index in [-0.39, 0.29) is 12.4 Å². The van der Waals surface area contributed by atoms with Crippen LogP contribution in [0.2, 0.25) is 0 Å². The van der Waals surface area contributed by atoms with Crippen LogP contribution in [0.5, 0.6) is 0 Å². The van der Waals surface area contributed by atoms with Crippen molar-refractivity contribution in [3.8, 4) is 0 Å². The number of thiocarbonyl (C=S) groups is 1. The molecule has 0 unspecified atom stereocenters. The van der Waals surface area contributed by atoms with Crippen LogP contribution in [-0.2, 0) is 6.54 Å². The van der Waals surface area contributed by atoms with Crippen LogP contribution >= 0.6 is 12.2 Å². The molecule has 0 fully saturated rings. The molecule has 0 aliphatic rings. The summed E-state index contributed by atoms with van der Waals surface area (Å²) in [5, 5.41) is 5.76. The summed E-state index contributed by atoms with van der Waals surface area (Å²) >= 11 is 4.85. The Morgan fingerprint density at radius 3 is 2.67 bits per heavy atom. The Labute approximate surface area is 92.7 Å². The summed E-state index contributed by atoms with van der Waals surface area (Å²) in [5.74, 6) is -0.279. The molecule has 82 valence electrons. The van der Waals surface area contributed by atoms with Gasteiger partial charge in [0, 0.05) is 18.7 Å². The molecule has 1 aromatic rings. The fourth-order valence-electron chi connectivity index (χ4n) is 1.04. The predicted octanol–water partition coefficient (Wildman–Crippen LogP) is 1.76. The SMILES string of the molecule is FCCNC(=S)NCc1ccccc1F. The zero-order valence-electron chi connectivity index (χ0n) is 8.09. The van der Waals surface area contributed by atoms with Crippen molar-refractivity contribution in [3.63, 3.8) is 0 Å². The van der Waals surface area contributed by atoms with Crippen LogP contribution in [0.3, 0.4) is 0 Å². The fourth-order valence-corrected chi connectivity index (χ4v) is 1.21. The van der Waals surface area contributed by atoms with Crippen molar-refractivity contribution in [1.29, 1.82) is 0 Å². The van der Waals surface area contributed by atoms with Crippen LogP contribution < -0.4 is 10.6 Å². The van der Waals surface area contributed by atoms with E-state index in [4.69, 9.17) is 12.2 Å². The minimum Gasteiger partial charge on any atom is -0.360 e. The van der Waals surface area contributed by atoms with Crippen molar-refractivity contribution < 1.29 is 8.78 Å². The van der Waals surface area contributed by atoms with Gasteiger partial charge in [0.25, 0.3) is 0 Å². The predicted molar refractivity (Wildman–Crippen MR) is 59.8 cm³/mol. The van der Waals surface area contributed by atoms with Gasteiger partial charge in [-0.05, 0) is 18.3 Å². The number of nitrogens with one attached hydrogen (secondary N) is 2. The van der Waals surface area contributed by atoms with Crippen LogP contribution in [0.15, 0.2) is 24.3 Å². The monoisotopic (exact) mass is 230 g/mol. The summed E-state index contributed by atoms with van der Waals surface area (Å²) in [7, 11) is 0. The molecule has 0 atom stereocenters. The van der Waals surface area contributed by atoms with Crippen molar-refractivity contribution in [2.45, 2.75) is 6.54 Å². The molecule has 1 rings (SSSR count). The Hall–Kier alpha value is -1.23. The van der Waals surface area contributed by atoms with Gasteiger partial charge in [0.1, 0.15) is 12.5 Å². The molecule has 0 bridgehead atoms. The summed E-state index contributed by atoms with van der Waals surface area (Å²) in [5.41, 5.74) is 0.530. The molecule has 0 aromatic heterocycles. The maximum Gasteiger partial charge on any atom is 0.166 e. The third-order valence-corrected chi connectivity index (χ3v) is 2.07. The molecule has 2 N–H and O–H groups in total. The Balaban J connectivity index is 2.37. The molecule has 0 saturated heterocycles. The number of alkyl halides is 1. The van der Waals surface area contributed by atoms with Crippen LogP contribution in [-0.4, -0.2) is 18.3 Å². The highest BCUT2D eigenvalue weighted by Gasteiger charge is 2.00. The van der Waals surface area contributed by atoms with Crippen LogP contribution in [0.4, 0.5) is 8.78 Å². The molecule has 5 heteroatoms. The van der Waals surface area contributed by atoms with Crippen molar-refractivity contribution in [3.05, 3.63) is 35.6 Å². The van der Waals surface area contributed by atoms with Gasteiger partial charge in [-0.2, -0.15) is 0 Å². The summed E-state index contributed by atoms with van der Waals surface area (Å²) in [6.45, 7) is -0.0184. The van der Waals surface area contributed by atoms with E-state index in [2.05, 4.69) is 10.6 Å². The first-order chi connectivity index (χ1) is 7.24. The molecule has 0 aliphatic heterocycles. The fraction of sp³-hybridized carbons (Fsp3) is 0.300. The molecular formula is C10H12F2N2S. The first kappa shape index (κ1) is 11.8. The minimum absolute atomic E-state index is 0.170. The molecule has 0 heterocycles. The normalized spacial score (nSPS) is 9.73. The van der Waals surface area contributed by atoms with E-state index in [0.29, 0.717) is 17.2 Å². The largest absolute Gasteiger partial charge is 0.360 e. The lowest BCUT2D eigenvalue weighted by atomic mass is 10.2. The maximum absolute atomic E-state index is 13.1. The molecule has 0 amide bonds. The number of hydrogen-bond donors (Lipinski definition) is 2. The summed E-state index contributed by atoms with van der Waals surface area (Å²) in [6.07, 6.45) is 0. The summed E-state index contributed by atoms with van der Waals surface area (Å²) in [4.78, 5) is 0. The molecule has 15 heavy (non-hydrogen) atoms. The van der Waals surface area contributed by atoms with E-state index in [1.165, 1.54) is 6.07 Å².